The predicted molar refractivity (Wildman–Crippen MR) is 64.1 cm³/mol. The maximum atomic E-state index is 4.36. The molecule has 84 valence electrons. The van der Waals surface area contributed by atoms with Crippen LogP contribution in [0.15, 0.2) is 6.33 Å². The van der Waals surface area contributed by atoms with Crippen LogP contribution in [-0.4, -0.2) is 19.6 Å². The summed E-state index contributed by atoms with van der Waals surface area (Å²) in [6, 6.07) is 0. The SMILES string of the molecule is CCn1ncnc1CC1(C)CCC(Br)C1. The summed E-state index contributed by atoms with van der Waals surface area (Å²) in [4.78, 5) is 5.05. The molecule has 0 aliphatic heterocycles. The van der Waals surface area contributed by atoms with E-state index >= 15 is 0 Å². The van der Waals surface area contributed by atoms with Gasteiger partial charge in [0.1, 0.15) is 12.2 Å². The molecule has 1 aliphatic rings. The summed E-state index contributed by atoms with van der Waals surface area (Å²) in [6.07, 6.45) is 6.56. The molecular formula is C11H18BrN3. The Balaban J connectivity index is 2.08. The van der Waals surface area contributed by atoms with Crippen LogP contribution in [-0.2, 0) is 13.0 Å². The van der Waals surface area contributed by atoms with Gasteiger partial charge >= 0.3 is 0 Å². The standard InChI is InChI=1S/C11H18BrN3/c1-3-15-10(13-8-14-15)7-11(2)5-4-9(12)6-11/h8-9H,3-7H2,1-2H3. The van der Waals surface area contributed by atoms with Gasteiger partial charge in [0.05, 0.1) is 0 Å². The number of hydrogen-bond donors (Lipinski definition) is 0. The Hall–Kier alpha value is -0.380. The van der Waals surface area contributed by atoms with E-state index in [0.29, 0.717) is 10.2 Å². The van der Waals surface area contributed by atoms with Gasteiger partial charge in [-0.1, -0.05) is 22.9 Å². The van der Waals surface area contributed by atoms with Crippen LogP contribution in [0.4, 0.5) is 0 Å². The normalized spacial score (nSPS) is 31.0. The molecule has 1 aromatic rings. The molecule has 2 rings (SSSR count). The Bertz CT molecular complexity index is 336. The van der Waals surface area contributed by atoms with Gasteiger partial charge in [0.25, 0.3) is 0 Å². The zero-order valence-corrected chi connectivity index (χ0v) is 11.0. The average Bonchev–Trinajstić information content (AvgIpc) is 2.74. The molecule has 0 bridgehead atoms. The quantitative estimate of drug-likeness (QED) is 0.792. The second-order valence-electron chi connectivity index (χ2n) is 4.82. The molecule has 0 amide bonds. The number of nitrogens with zero attached hydrogens (tertiary/aromatic N) is 3. The van der Waals surface area contributed by atoms with Crippen molar-refractivity contribution in [2.75, 3.05) is 0 Å². The summed E-state index contributed by atoms with van der Waals surface area (Å²) < 4.78 is 2.01. The number of hydrogen-bond acceptors (Lipinski definition) is 2. The molecule has 1 saturated carbocycles. The smallest absolute Gasteiger partial charge is 0.138 e. The molecule has 1 aliphatic carbocycles. The van der Waals surface area contributed by atoms with Gasteiger partial charge in [0, 0.05) is 17.8 Å². The third-order valence-corrected chi connectivity index (χ3v) is 4.14. The van der Waals surface area contributed by atoms with Crippen LogP contribution in [0.2, 0.25) is 0 Å². The molecule has 0 aromatic carbocycles. The number of aryl methyl sites for hydroxylation is 1. The highest BCUT2D eigenvalue weighted by Gasteiger charge is 2.35. The van der Waals surface area contributed by atoms with Crippen molar-refractivity contribution in [2.45, 2.75) is 50.9 Å². The maximum Gasteiger partial charge on any atom is 0.138 e. The minimum Gasteiger partial charge on any atom is -0.250 e. The van der Waals surface area contributed by atoms with E-state index in [2.05, 4.69) is 39.9 Å². The number of rotatable bonds is 3. The van der Waals surface area contributed by atoms with Crippen molar-refractivity contribution in [3.8, 4) is 0 Å². The van der Waals surface area contributed by atoms with Crippen molar-refractivity contribution in [1.29, 1.82) is 0 Å². The lowest BCUT2D eigenvalue weighted by molar-refractivity contribution is 0.321. The van der Waals surface area contributed by atoms with Crippen molar-refractivity contribution in [1.82, 2.24) is 14.8 Å². The third-order valence-electron chi connectivity index (χ3n) is 3.36. The van der Waals surface area contributed by atoms with Crippen molar-refractivity contribution in [3.63, 3.8) is 0 Å². The average molecular weight is 272 g/mol. The number of alkyl halides is 1. The minimum atomic E-state index is 0.411. The summed E-state index contributed by atoms with van der Waals surface area (Å²) in [5.74, 6) is 1.14. The molecule has 2 unspecified atom stereocenters. The Labute approximate surface area is 99.4 Å². The lowest BCUT2D eigenvalue weighted by atomic mass is 9.85. The highest BCUT2D eigenvalue weighted by molar-refractivity contribution is 9.09. The van der Waals surface area contributed by atoms with Gasteiger partial charge in [-0.25, -0.2) is 4.98 Å². The summed E-state index contributed by atoms with van der Waals surface area (Å²) in [7, 11) is 0. The van der Waals surface area contributed by atoms with E-state index in [1.165, 1.54) is 19.3 Å². The van der Waals surface area contributed by atoms with Crippen LogP contribution < -0.4 is 0 Å². The molecule has 0 spiro atoms. The number of halogens is 1. The Morgan fingerprint density at radius 2 is 2.47 bits per heavy atom. The monoisotopic (exact) mass is 271 g/mol. The van der Waals surface area contributed by atoms with E-state index in [9.17, 15) is 0 Å². The molecule has 1 fully saturated rings. The van der Waals surface area contributed by atoms with Gasteiger partial charge in [0.2, 0.25) is 0 Å². The maximum absolute atomic E-state index is 4.36. The first-order valence-corrected chi connectivity index (χ1v) is 6.55. The highest BCUT2D eigenvalue weighted by atomic mass is 79.9. The summed E-state index contributed by atoms with van der Waals surface area (Å²) in [5, 5.41) is 4.22. The molecule has 0 saturated heterocycles. The van der Waals surface area contributed by atoms with E-state index in [-0.39, 0.29) is 0 Å². The largest absolute Gasteiger partial charge is 0.250 e. The highest BCUT2D eigenvalue weighted by Crippen LogP contribution is 2.43. The van der Waals surface area contributed by atoms with Crippen LogP contribution in [0.25, 0.3) is 0 Å². The van der Waals surface area contributed by atoms with Gasteiger partial charge in [0.15, 0.2) is 0 Å². The molecule has 15 heavy (non-hydrogen) atoms. The Morgan fingerprint density at radius 3 is 3.07 bits per heavy atom. The minimum absolute atomic E-state index is 0.411. The van der Waals surface area contributed by atoms with Gasteiger partial charge in [-0.05, 0) is 31.6 Å². The molecule has 1 heterocycles. The molecule has 0 N–H and O–H groups in total. The van der Waals surface area contributed by atoms with Gasteiger partial charge in [-0.15, -0.1) is 0 Å². The second-order valence-corrected chi connectivity index (χ2v) is 6.11. The molecule has 3 nitrogen and oxygen atoms in total. The van der Waals surface area contributed by atoms with Crippen LogP contribution in [0.1, 0.15) is 38.9 Å². The first kappa shape index (κ1) is 11.1. The van der Waals surface area contributed by atoms with Crippen molar-refractivity contribution >= 4 is 15.9 Å². The van der Waals surface area contributed by atoms with Crippen LogP contribution in [0, 0.1) is 5.41 Å². The van der Waals surface area contributed by atoms with Crippen LogP contribution >= 0.6 is 15.9 Å². The molecule has 0 radical (unpaired) electrons. The lowest BCUT2D eigenvalue weighted by Gasteiger charge is -2.22. The van der Waals surface area contributed by atoms with Gasteiger partial charge in [-0.2, -0.15) is 5.10 Å². The van der Waals surface area contributed by atoms with E-state index in [0.717, 1.165) is 18.8 Å². The van der Waals surface area contributed by atoms with Crippen molar-refractivity contribution in [3.05, 3.63) is 12.2 Å². The van der Waals surface area contributed by atoms with E-state index < -0.39 is 0 Å². The zero-order chi connectivity index (χ0) is 10.9. The number of aromatic nitrogens is 3. The fourth-order valence-electron chi connectivity index (χ4n) is 2.48. The van der Waals surface area contributed by atoms with Crippen molar-refractivity contribution < 1.29 is 0 Å². The fraction of sp³-hybridized carbons (Fsp3) is 0.818. The Kier molecular flexibility index (Phi) is 3.14. The first-order chi connectivity index (χ1) is 7.13. The summed E-state index contributed by atoms with van der Waals surface area (Å²) in [5.41, 5.74) is 0.411. The first-order valence-electron chi connectivity index (χ1n) is 5.64. The Morgan fingerprint density at radius 1 is 1.67 bits per heavy atom. The predicted octanol–water partition coefficient (Wildman–Crippen LogP) is 2.79. The molecule has 1 aromatic heterocycles. The van der Waals surface area contributed by atoms with Crippen LogP contribution in [0.5, 0.6) is 0 Å². The topological polar surface area (TPSA) is 30.7 Å². The van der Waals surface area contributed by atoms with Gasteiger partial charge in [-0.3, -0.25) is 4.68 Å². The van der Waals surface area contributed by atoms with Gasteiger partial charge < -0.3 is 0 Å². The van der Waals surface area contributed by atoms with E-state index in [1.807, 2.05) is 4.68 Å². The summed E-state index contributed by atoms with van der Waals surface area (Å²) in [6.45, 7) is 5.40. The van der Waals surface area contributed by atoms with E-state index in [4.69, 9.17) is 0 Å². The molecule has 2 atom stereocenters. The molecular weight excluding hydrogens is 254 g/mol. The van der Waals surface area contributed by atoms with Crippen LogP contribution in [0.3, 0.4) is 0 Å². The fourth-order valence-corrected chi connectivity index (χ4v) is 3.49. The summed E-state index contributed by atoms with van der Waals surface area (Å²) >= 11 is 3.71. The third kappa shape index (κ3) is 2.41. The second kappa shape index (κ2) is 4.24. The van der Waals surface area contributed by atoms with E-state index in [1.54, 1.807) is 6.33 Å². The molecule has 4 heteroatoms. The zero-order valence-electron chi connectivity index (χ0n) is 9.41. The van der Waals surface area contributed by atoms with Crippen molar-refractivity contribution in [2.24, 2.45) is 5.41 Å². The lowest BCUT2D eigenvalue weighted by Crippen LogP contribution is -2.19.